The number of hydrogen-bond acceptors (Lipinski definition) is 4. The number of aromatic nitrogens is 2. The van der Waals surface area contributed by atoms with Crippen LogP contribution in [-0.2, 0) is 0 Å². The summed E-state index contributed by atoms with van der Waals surface area (Å²) in [5, 5.41) is 3.45. The summed E-state index contributed by atoms with van der Waals surface area (Å²) < 4.78 is 5.43. The Balaban J connectivity index is 2.77. The van der Waals surface area contributed by atoms with Gasteiger partial charge in [0.2, 0.25) is 5.88 Å². The zero-order valence-corrected chi connectivity index (χ0v) is 12.2. The van der Waals surface area contributed by atoms with E-state index in [2.05, 4.69) is 36.1 Å². The lowest BCUT2D eigenvalue weighted by Gasteiger charge is -2.23. The van der Waals surface area contributed by atoms with Crippen LogP contribution in [0.5, 0.6) is 5.88 Å². The highest BCUT2D eigenvalue weighted by molar-refractivity contribution is 5.39. The number of nitrogens with one attached hydrogen (secondary N) is 1. The Morgan fingerprint density at radius 3 is 2.44 bits per heavy atom. The predicted molar refractivity (Wildman–Crippen MR) is 75.1 cm³/mol. The maximum Gasteiger partial charge on any atom is 0.218 e. The van der Waals surface area contributed by atoms with Crippen molar-refractivity contribution >= 4 is 5.82 Å². The van der Waals surface area contributed by atoms with Crippen LogP contribution < -0.4 is 10.1 Å². The normalized spacial score (nSPS) is 12.6. The topological polar surface area (TPSA) is 47.0 Å². The molecule has 0 saturated heterocycles. The Morgan fingerprint density at radius 1 is 1.22 bits per heavy atom. The van der Waals surface area contributed by atoms with Crippen molar-refractivity contribution < 1.29 is 4.74 Å². The van der Waals surface area contributed by atoms with E-state index in [-0.39, 0.29) is 0 Å². The van der Waals surface area contributed by atoms with Crippen LogP contribution in [-0.4, -0.2) is 22.6 Å². The molecular formula is C14H25N3O. The predicted octanol–water partition coefficient (Wildman–Crippen LogP) is 3.42. The molecule has 4 heteroatoms. The van der Waals surface area contributed by atoms with Gasteiger partial charge in [-0.3, -0.25) is 0 Å². The number of ether oxygens (including phenoxy) is 1. The molecule has 102 valence electrons. The lowest BCUT2D eigenvalue weighted by atomic mass is 9.95. The summed E-state index contributed by atoms with van der Waals surface area (Å²) >= 11 is 0. The summed E-state index contributed by atoms with van der Waals surface area (Å²) in [6, 6.07) is 2.28. The smallest absolute Gasteiger partial charge is 0.218 e. The summed E-state index contributed by atoms with van der Waals surface area (Å²) in [5.74, 6) is 2.89. The van der Waals surface area contributed by atoms with Crippen molar-refractivity contribution in [3.8, 4) is 5.88 Å². The molecular weight excluding hydrogens is 226 g/mol. The van der Waals surface area contributed by atoms with E-state index < -0.39 is 0 Å². The van der Waals surface area contributed by atoms with Crippen LogP contribution in [0, 0.1) is 12.8 Å². The Labute approximate surface area is 110 Å². The molecule has 0 saturated carbocycles. The van der Waals surface area contributed by atoms with Crippen molar-refractivity contribution in [1.82, 2.24) is 9.97 Å². The second-order valence-corrected chi connectivity index (χ2v) is 4.58. The van der Waals surface area contributed by atoms with Gasteiger partial charge < -0.3 is 10.1 Å². The second kappa shape index (κ2) is 7.19. The van der Waals surface area contributed by atoms with Crippen molar-refractivity contribution in [3.63, 3.8) is 0 Å². The fourth-order valence-electron chi connectivity index (χ4n) is 2.18. The molecule has 1 aromatic heterocycles. The van der Waals surface area contributed by atoms with E-state index in [1.807, 2.05) is 19.9 Å². The Bertz CT molecular complexity index is 364. The molecule has 18 heavy (non-hydrogen) atoms. The zero-order chi connectivity index (χ0) is 13.5. The third-order valence-electron chi connectivity index (χ3n) is 3.24. The molecule has 0 fully saturated rings. The summed E-state index contributed by atoms with van der Waals surface area (Å²) in [6.07, 6.45) is 2.35. The van der Waals surface area contributed by atoms with Gasteiger partial charge in [0.05, 0.1) is 6.61 Å². The highest BCUT2D eigenvalue weighted by Gasteiger charge is 2.14. The molecule has 1 atom stereocenters. The van der Waals surface area contributed by atoms with Crippen molar-refractivity contribution in [2.45, 2.75) is 53.5 Å². The molecule has 0 radical (unpaired) electrons. The van der Waals surface area contributed by atoms with Gasteiger partial charge in [0.25, 0.3) is 0 Å². The van der Waals surface area contributed by atoms with E-state index in [1.54, 1.807) is 0 Å². The summed E-state index contributed by atoms with van der Waals surface area (Å²) in [5.41, 5.74) is 0. The first-order valence-corrected chi connectivity index (χ1v) is 6.85. The molecule has 0 aromatic carbocycles. The van der Waals surface area contributed by atoms with Crippen molar-refractivity contribution in [2.75, 3.05) is 11.9 Å². The van der Waals surface area contributed by atoms with Gasteiger partial charge in [-0.1, -0.05) is 26.7 Å². The molecule has 0 aliphatic rings. The highest BCUT2D eigenvalue weighted by atomic mass is 16.5. The molecule has 4 nitrogen and oxygen atoms in total. The summed E-state index contributed by atoms with van der Waals surface area (Å²) in [6.45, 7) is 11.1. The minimum atomic E-state index is 0.406. The van der Waals surface area contributed by atoms with Crippen molar-refractivity contribution in [1.29, 1.82) is 0 Å². The number of nitrogens with zero attached hydrogens (tertiary/aromatic N) is 2. The fraction of sp³-hybridized carbons (Fsp3) is 0.714. The van der Waals surface area contributed by atoms with Gasteiger partial charge in [0.15, 0.2) is 0 Å². The van der Waals surface area contributed by atoms with Gasteiger partial charge in [-0.25, -0.2) is 4.98 Å². The maximum atomic E-state index is 5.43. The van der Waals surface area contributed by atoms with Crippen LogP contribution in [0.3, 0.4) is 0 Å². The summed E-state index contributed by atoms with van der Waals surface area (Å²) in [4.78, 5) is 8.65. The molecule has 1 heterocycles. The SMILES string of the molecule is CCOc1cc(NC(C)C(CC)CC)nc(C)n1. The Hall–Kier alpha value is -1.32. The van der Waals surface area contributed by atoms with Gasteiger partial charge in [-0.15, -0.1) is 0 Å². The number of rotatable bonds is 7. The quantitative estimate of drug-likeness (QED) is 0.806. The third kappa shape index (κ3) is 4.17. The van der Waals surface area contributed by atoms with E-state index in [1.165, 1.54) is 12.8 Å². The molecule has 0 aliphatic carbocycles. The molecule has 0 spiro atoms. The average Bonchev–Trinajstić information content (AvgIpc) is 2.30. The van der Waals surface area contributed by atoms with E-state index >= 15 is 0 Å². The molecule has 1 unspecified atom stereocenters. The van der Waals surface area contributed by atoms with Crippen LogP contribution in [0.25, 0.3) is 0 Å². The van der Waals surface area contributed by atoms with Crippen LogP contribution in [0.15, 0.2) is 6.07 Å². The fourth-order valence-corrected chi connectivity index (χ4v) is 2.18. The van der Waals surface area contributed by atoms with Gasteiger partial charge in [-0.05, 0) is 26.7 Å². The number of anilines is 1. The van der Waals surface area contributed by atoms with Crippen LogP contribution in [0.2, 0.25) is 0 Å². The minimum Gasteiger partial charge on any atom is -0.478 e. The van der Waals surface area contributed by atoms with Crippen LogP contribution in [0.4, 0.5) is 5.82 Å². The monoisotopic (exact) mass is 251 g/mol. The lowest BCUT2D eigenvalue weighted by Crippen LogP contribution is -2.25. The molecule has 0 aliphatic heterocycles. The average molecular weight is 251 g/mol. The molecule has 1 N–H and O–H groups in total. The van der Waals surface area contributed by atoms with Gasteiger partial charge in [-0.2, -0.15) is 4.98 Å². The second-order valence-electron chi connectivity index (χ2n) is 4.58. The number of hydrogen-bond donors (Lipinski definition) is 1. The van der Waals surface area contributed by atoms with E-state index in [9.17, 15) is 0 Å². The lowest BCUT2D eigenvalue weighted by molar-refractivity contribution is 0.325. The first kappa shape index (κ1) is 14.7. The van der Waals surface area contributed by atoms with E-state index in [0.29, 0.717) is 24.4 Å². The highest BCUT2D eigenvalue weighted by Crippen LogP contribution is 2.19. The van der Waals surface area contributed by atoms with Crippen molar-refractivity contribution in [2.24, 2.45) is 5.92 Å². The van der Waals surface area contributed by atoms with Gasteiger partial charge in [0.1, 0.15) is 11.6 Å². The number of aryl methyl sites for hydroxylation is 1. The zero-order valence-electron chi connectivity index (χ0n) is 12.2. The first-order chi connectivity index (χ1) is 8.60. The standard InChI is InChI=1S/C14H25N3O/c1-6-12(7-2)10(4)15-13-9-14(18-8-3)17-11(5)16-13/h9-10,12H,6-8H2,1-5H3,(H,15,16,17). The minimum absolute atomic E-state index is 0.406. The summed E-state index contributed by atoms with van der Waals surface area (Å²) in [7, 11) is 0. The molecule has 1 rings (SSSR count). The van der Waals surface area contributed by atoms with Crippen LogP contribution >= 0.6 is 0 Å². The maximum absolute atomic E-state index is 5.43. The van der Waals surface area contributed by atoms with E-state index in [0.717, 1.165) is 11.6 Å². The van der Waals surface area contributed by atoms with E-state index in [4.69, 9.17) is 4.74 Å². The molecule has 1 aromatic rings. The van der Waals surface area contributed by atoms with Gasteiger partial charge in [0, 0.05) is 12.1 Å². The third-order valence-corrected chi connectivity index (χ3v) is 3.24. The Kier molecular flexibility index (Phi) is 5.89. The van der Waals surface area contributed by atoms with Gasteiger partial charge >= 0.3 is 0 Å². The first-order valence-electron chi connectivity index (χ1n) is 6.85. The van der Waals surface area contributed by atoms with Crippen LogP contribution in [0.1, 0.15) is 46.4 Å². The van der Waals surface area contributed by atoms with Crippen molar-refractivity contribution in [3.05, 3.63) is 11.9 Å². The molecule has 0 bridgehead atoms. The largest absolute Gasteiger partial charge is 0.478 e. The Morgan fingerprint density at radius 2 is 1.89 bits per heavy atom. The molecule has 0 amide bonds.